The molecule has 1 aromatic carbocycles. The number of aliphatic hydroxyl groups excluding tert-OH is 1. The zero-order valence-electron chi connectivity index (χ0n) is 14.3. The third kappa shape index (κ3) is 3.38. The molecule has 2 rings (SSSR count). The van der Waals surface area contributed by atoms with Crippen LogP contribution >= 0.6 is 0 Å². The average Bonchev–Trinajstić information content (AvgIpc) is 2.96. The highest BCUT2D eigenvalue weighted by atomic mass is 16.5. The fourth-order valence-electron chi connectivity index (χ4n) is 2.81. The molecule has 0 bridgehead atoms. The third-order valence-corrected chi connectivity index (χ3v) is 4.31. The molecular weight excluding hydrogens is 276 g/mol. The summed E-state index contributed by atoms with van der Waals surface area (Å²) >= 11 is 0. The van der Waals surface area contributed by atoms with Gasteiger partial charge in [-0.3, -0.25) is 0 Å². The molecule has 4 heteroatoms. The van der Waals surface area contributed by atoms with Crippen LogP contribution in [-0.2, 0) is 0 Å². The number of benzene rings is 1. The first-order chi connectivity index (χ1) is 10.5. The van der Waals surface area contributed by atoms with E-state index >= 15 is 0 Å². The minimum absolute atomic E-state index is 0.129. The highest BCUT2D eigenvalue weighted by Gasteiger charge is 2.24. The van der Waals surface area contributed by atoms with Gasteiger partial charge in [0.25, 0.3) is 0 Å². The maximum atomic E-state index is 9.61. The van der Waals surface area contributed by atoms with E-state index in [9.17, 15) is 5.11 Å². The maximum absolute atomic E-state index is 9.61. The summed E-state index contributed by atoms with van der Waals surface area (Å²) in [6, 6.07) is 6.46. The van der Waals surface area contributed by atoms with Crippen LogP contribution in [0.4, 0.5) is 0 Å². The Bertz CT molecular complexity index is 538. The lowest BCUT2D eigenvalue weighted by Gasteiger charge is -2.28. The largest absolute Gasteiger partial charge is 0.496 e. The number of nitrogens with one attached hydrogen (secondary N) is 1. The Morgan fingerprint density at radius 3 is 2.55 bits per heavy atom. The first kappa shape index (κ1) is 16.7. The summed E-state index contributed by atoms with van der Waals surface area (Å²) in [4.78, 5) is 2.17. The Kier molecular flexibility index (Phi) is 5.35. The Morgan fingerprint density at radius 2 is 2.00 bits per heavy atom. The van der Waals surface area contributed by atoms with E-state index in [1.807, 2.05) is 6.07 Å². The molecule has 0 aromatic heterocycles. The number of ether oxygens (including phenoxy) is 1. The van der Waals surface area contributed by atoms with Gasteiger partial charge in [-0.25, -0.2) is 0 Å². The standard InChI is InChI=1S/C18H28N2O2/c1-12(2)14-6-7-18(22-5)15(8-14)16-9-20(11-19-16)17(10-21)13(3)4/h6-9,12-13,17,19,21H,10-11H2,1-5H3/t17-/m1/s1. The smallest absolute Gasteiger partial charge is 0.128 e. The minimum Gasteiger partial charge on any atom is -0.496 e. The van der Waals surface area contributed by atoms with Gasteiger partial charge in [0.05, 0.1) is 32.1 Å². The van der Waals surface area contributed by atoms with Crippen LogP contribution in [-0.4, -0.2) is 36.4 Å². The highest BCUT2D eigenvalue weighted by molar-refractivity contribution is 5.71. The van der Waals surface area contributed by atoms with Crippen molar-refractivity contribution < 1.29 is 9.84 Å². The van der Waals surface area contributed by atoms with E-state index < -0.39 is 0 Å². The first-order valence-corrected chi connectivity index (χ1v) is 7.98. The number of hydrogen-bond acceptors (Lipinski definition) is 4. The maximum Gasteiger partial charge on any atom is 0.128 e. The molecule has 1 heterocycles. The van der Waals surface area contributed by atoms with Gasteiger partial charge in [0.2, 0.25) is 0 Å². The molecule has 0 saturated carbocycles. The topological polar surface area (TPSA) is 44.7 Å². The lowest BCUT2D eigenvalue weighted by atomic mass is 9.99. The zero-order chi connectivity index (χ0) is 16.3. The quantitative estimate of drug-likeness (QED) is 0.848. The fourth-order valence-corrected chi connectivity index (χ4v) is 2.81. The SMILES string of the molecule is COc1ccc(C(C)C)cc1C1=CN([C@H](CO)C(C)C)CN1. The predicted molar refractivity (Wildman–Crippen MR) is 90.6 cm³/mol. The van der Waals surface area contributed by atoms with Gasteiger partial charge in [-0.2, -0.15) is 0 Å². The summed E-state index contributed by atoms with van der Waals surface area (Å²) in [7, 11) is 1.70. The summed E-state index contributed by atoms with van der Waals surface area (Å²) in [6.45, 7) is 9.52. The minimum atomic E-state index is 0.129. The molecule has 1 aliphatic rings. The van der Waals surface area contributed by atoms with E-state index in [0.29, 0.717) is 18.5 Å². The van der Waals surface area contributed by atoms with Crippen LogP contribution in [0.2, 0.25) is 0 Å². The number of nitrogens with zero attached hydrogens (tertiary/aromatic N) is 1. The second-order valence-electron chi connectivity index (χ2n) is 6.50. The summed E-state index contributed by atoms with van der Waals surface area (Å²) in [5.41, 5.74) is 3.43. The Hall–Kier alpha value is -1.68. The van der Waals surface area contributed by atoms with E-state index in [-0.39, 0.29) is 12.6 Å². The molecule has 0 spiro atoms. The Balaban J connectivity index is 2.33. The second-order valence-corrected chi connectivity index (χ2v) is 6.50. The van der Waals surface area contributed by atoms with Gasteiger partial charge in [-0.15, -0.1) is 0 Å². The summed E-state index contributed by atoms with van der Waals surface area (Å²) in [6.07, 6.45) is 2.10. The molecule has 0 fully saturated rings. The summed E-state index contributed by atoms with van der Waals surface area (Å²) in [5, 5.41) is 13.0. The van der Waals surface area contributed by atoms with Crippen LogP contribution in [0.5, 0.6) is 5.75 Å². The normalized spacial score (nSPS) is 16.0. The molecule has 1 aromatic rings. The molecule has 22 heavy (non-hydrogen) atoms. The number of methoxy groups -OCH3 is 1. The van der Waals surface area contributed by atoms with Gasteiger partial charge in [-0.1, -0.05) is 33.8 Å². The average molecular weight is 304 g/mol. The van der Waals surface area contributed by atoms with Crippen molar-refractivity contribution in [3.8, 4) is 5.75 Å². The van der Waals surface area contributed by atoms with Gasteiger partial charge >= 0.3 is 0 Å². The molecule has 0 amide bonds. The van der Waals surface area contributed by atoms with Crippen molar-refractivity contribution in [2.75, 3.05) is 20.4 Å². The van der Waals surface area contributed by atoms with Gasteiger partial charge in [-0.05, 0) is 29.5 Å². The monoisotopic (exact) mass is 304 g/mol. The van der Waals surface area contributed by atoms with E-state index in [2.05, 4.69) is 56.2 Å². The fraction of sp³-hybridized carbons (Fsp3) is 0.556. The molecule has 4 nitrogen and oxygen atoms in total. The first-order valence-electron chi connectivity index (χ1n) is 7.98. The van der Waals surface area contributed by atoms with Crippen molar-refractivity contribution in [2.24, 2.45) is 5.92 Å². The Labute approximate surface area is 133 Å². The Morgan fingerprint density at radius 1 is 1.27 bits per heavy atom. The zero-order valence-corrected chi connectivity index (χ0v) is 14.3. The molecule has 1 aliphatic heterocycles. The highest BCUT2D eigenvalue weighted by Crippen LogP contribution is 2.31. The van der Waals surface area contributed by atoms with Crippen LogP contribution in [0, 0.1) is 5.92 Å². The van der Waals surface area contributed by atoms with Crippen molar-refractivity contribution in [1.82, 2.24) is 10.2 Å². The van der Waals surface area contributed by atoms with Gasteiger partial charge in [0.15, 0.2) is 0 Å². The van der Waals surface area contributed by atoms with Gasteiger partial charge in [0, 0.05) is 11.8 Å². The molecular formula is C18H28N2O2. The van der Waals surface area contributed by atoms with E-state index in [1.54, 1.807) is 7.11 Å². The van der Waals surface area contributed by atoms with Crippen molar-refractivity contribution in [1.29, 1.82) is 0 Å². The van der Waals surface area contributed by atoms with Crippen molar-refractivity contribution in [2.45, 2.75) is 39.7 Å². The summed E-state index contributed by atoms with van der Waals surface area (Å²) < 4.78 is 5.51. The third-order valence-electron chi connectivity index (χ3n) is 4.31. The lowest BCUT2D eigenvalue weighted by Crippen LogP contribution is -2.38. The number of hydrogen-bond donors (Lipinski definition) is 2. The van der Waals surface area contributed by atoms with Crippen LogP contribution in [0.15, 0.2) is 24.4 Å². The van der Waals surface area contributed by atoms with Crippen LogP contribution in [0.25, 0.3) is 5.70 Å². The van der Waals surface area contributed by atoms with Crippen molar-refractivity contribution >= 4 is 5.70 Å². The van der Waals surface area contributed by atoms with Gasteiger partial charge in [0.1, 0.15) is 5.75 Å². The second kappa shape index (κ2) is 7.05. The van der Waals surface area contributed by atoms with Crippen LogP contribution in [0.3, 0.4) is 0 Å². The van der Waals surface area contributed by atoms with E-state index in [4.69, 9.17) is 4.74 Å². The molecule has 0 unspecified atom stereocenters. The van der Waals surface area contributed by atoms with Crippen LogP contribution in [0.1, 0.15) is 44.7 Å². The van der Waals surface area contributed by atoms with E-state index in [1.165, 1.54) is 5.56 Å². The van der Waals surface area contributed by atoms with Gasteiger partial charge < -0.3 is 20.1 Å². The predicted octanol–water partition coefficient (Wildman–Crippen LogP) is 3.00. The molecule has 2 N–H and O–H groups in total. The lowest BCUT2D eigenvalue weighted by molar-refractivity contribution is 0.133. The van der Waals surface area contributed by atoms with Crippen LogP contribution < -0.4 is 10.1 Å². The number of aliphatic hydroxyl groups is 1. The summed E-state index contributed by atoms with van der Waals surface area (Å²) in [5.74, 6) is 1.74. The molecule has 0 radical (unpaired) electrons. The number of rotatable bonds is 6. The van der Waals surface area contributed by atoms with E-state index in [0.717, 1.165) is 17.0 Å². The molecule has 0 saturated heterocycles. The van der Waals surface area contributed by atoms with Crippen molar-refractivity contribution in [3.05, 3.63) is 35.5 Å². The van der Waals surface area contributed by atoms with Crippen molar-refractivity contribution in [3.63, 3.8) is 0 Å². The molecule has 1 atom stereocenters. The molecule has 0 aliphatic carbocycles. The molecule has 122 valence electrons.